The largest absolute Gasteiger partial charge is 0.322 e. The molecule has 0 aliphatic heterocycles. The highest BCUT2D eigenvalue weighted by Crippen LogP contribution is 2.22. The van der Waals surface area contributed by atoms with Crippen molar-refractivity contribution in [1.29, 1.82) is 0 Å². The molecule has 108 valence electrons. The van der Waals surface area contributed by atoms with Crippen molar-refractivity contribution in [3.63, 3.8) is 0 Å². The smallest absolute Gasteiger partial charge is 0.282 e. The molecule has 0 aromatic heterocycles. The number of nitro benzene ring substituents is 1. The number of hydrogen-bond acceptors (Lipinski definition) is 3. The van der Waals surface area contributed by atoms with E-state index in [-0.39, 0.29) is 11.3 Å². The standard InChI is InChI=1S/C17H12N2O3/c20-17(15-7-3-4-8-16(15)19(21)22)18-14-10-9-12-5-1-2-6-13(12)11-14/h1-11H,(H,18,20). The van der Waals surface area contributed by atoms with E-state index in [1.165, 1.54) is 18.2 Å². The molecule has 0 atom stereocenters. The summed E-state index contributed by atoms with van der Waals surface area (Å²) in [6.45, 7) is 0. The molecule has 3 aromatic rings. The quantitative estimate of drug-likeness (QED) is 0.585. The molecule has 0 saturated heterocycles. The molecule has 5 heteroatoms. The number of hydrogen-bond donors (Lipinski definition) is 1. The Morgan fingerprint density at radius 2 is 1.59 bits per heavy atom. The number of rotatable bonds is 3. The molecule has 0 unspecified atom stereocenters. The topological polar surface area (TPSA) is 72.2 Å². The minimum absolute atomic E-state index is 0.0423. The van der Waals surface area contributed by atoms with Crippen molar-refractivity contribution in [3.05, 3.63) is 82.4 Å². The molecular formula is C17H12N2O3. The van der Waals surface area contributed by atoms with Crippen LogP contribution in [0.3, 0.4) is 0 Å². The average molecular weight is 292 g/mol. The Hall–Kier alpha value is -3.21. The van der Waals surface area contributed by atoms with Crippen molar-refractivity contribution >= 4 is 28.1 Å². The predicted molar refractivity (Wildman–Crippen MR) is 85.0 cm³/mol. The van der Waals surface area contributed by atoms with Gasteiger partial charge in [-0.05, 0) is 29.0 Å². The molecule has 1 N–H and O–H groups in total. The summed E-state index contributed by atoms with van der Waals surface area (Å²) < 4.78 is 0. The van der Waals surface area contributed by atoms with Crippen LogP contribution in [0.4, 0.5) is 11.4 Å². The van der Waals surface area contributed by atoms with Crippen LogP contribution in [0.25, 0.3) is 10.8 Å². The SMILES string of the molecule is O=C(Nc1ccc2ccccc2c1)c1ccccc1[N+](=O)[O-]. The van der Waals surface area contributed by atoms with E-state index in [2.05, 4.69) is 5.32 Å². The maximum Gasteiger partial charge on any atom is 0.282 e. The van der Waals surface area contributed by atoms with Crippen LogP contribution in [0.2, 0.25) is 0 Å². The van der Waals surface area contributed by atoms with Crippen LogP contribution in [-0.4, -0.2) is 10.8 Å². The van der Waals surface area contributed by atoms with Gasteiger partial charge in [-0.3, -0.25) is 14.9 Å². The van der Waals surface area contributed by atoms with Gasteiger partial charge in [0, 0.05) is 11.8 Å². The van der Waals surface area contributed by atoms with Gasteiger partial charge in [-0.15, -0.1) is 0 Å². The van der Waals surface area contributed by atoms with Gasteiger partial charge in [0.15, 0.2) is 0 Å². The first kappa shape index (κ1) is 13.8. The first-order valence-corrected chi connectivity index (χ1v) is 6.69. The summed E-state index contributed by atoms with van der Waals surface area (Å²) >= 11 is 0. The van der Waals surface area contributed by atoms with E-state index in [0.717, 1.165) is 10.8 Å². The van der Waals surface area contributed by atoms with Crippen LogP contribution >= 0.6 is 0 Å². The number of nitrogens with one attached hydrogen (secondary N) is 1. The van der Waals surface area contributed by atoms with E-state index in [1.54, 1.807) is 12.1 Å². The number of benzene rings is 3. The second-order valence-corrected chi connectivity index (χ2v) is 4.79. The molecule has 3 rings (SSSR count). The van der Waals surface area contributed by atoms with Crippen molar-refractivity contribution in [2.24, 2.45) is 0 Å². The van der Waals surface area contributed by atoms with Gasteiger partial charge in [0.25, 0.3) is 11.6 Å². The molecule has 1 amide bonds. The maximum absolute atomic E-state index is 12.3. The summed E-state index contributed by atoms with van der Waals surface area (Å²) in [4.78, 5) is 22.7. The summed E-state index contributed by atoms with van der Waals surface area (Å²) in [5.41, 5.74) is 0.434. The third kappa shape index (κ3) is 2.64. The highest BCUT2D eigenvalue weighted by molar-refractivity contribution is 6.07. The monoisotopic (exact) mass is 292 g/mol. The predicted octanol–water partition coefficient (Wildman–Crippen LogP) is 4.00. The van der Waals surface area contributed by atoms with Crippen molar-refractivity contribution in [3.8, 4) is 0 Å². The van der Waals surface area contributed by atoms with Crippen molar-refractivity contribution in [2.75, 3.05) is 5.32 Å². The Morgan fingerprint density at radius 3 is 2.36 bits per heavy atom. The van der Waals surface area contributed by atoms with E-state index in [0.29, 0.717) is 5.69 Å². The Kier molecular flexibility index (Phi) is 3.53. The average Bonchev–Trinajstić information content (AvgIpc) is 2.54. The Labute approximate surface area is 126 Å². The number of carbonyl (C=O) groups excluding carboxylic acids is 1. The summed E-state index contributed by atoms with van der Waals surface area (Å²) in [5, 5.41) is 15.7. The molecule has 0 radical (unpaired) electrons. The molecule has 0 fully saturated rings. The molecule has 0 saturated carbocycles. The summed E-state index contributed by atoms with van der Waals surface area (Å²) in [5.74, 6) is -0.498. The fraction of sp³-hybridized carbons (Fsp3) is 0. The molecular weight excluding hydrogens is 280 g/mol. The summed E-state index contributed by atoms with van der Waals surface area (Å²) in [6, 6.07) is 19.2. The fourth-order valence-corrected chi connectivity index (χ4v) is 2.29. The second-order valence-electron chi connectivity index (χ2n) is 4.79. The lowest BCUT2D eigenvalue weighted by Crippen LogP contribution is -2.13. The summed E-state index contributed by atoms with van der Waals surface area (Å²) in [7, 11) is 0. The molecule has 0 spiro atoms. The lowest BCUT2D eigenvalue weighted by Gasteiger charge is -2.07. The third-order valence-electron chi connectivity index (χ3n) is 3.35. The Bertz CT molecular complexity index is 874. The maximum atomic E-state index is 12.3. The molecule has 0 aliphatic rings. The zero-order valence-corrected chi connectivity index (χ0v) is 11.5. The number of nitro groups is 1. The Morgan fingerprint density at radius 1 is 0.909 bits per heavy atom. The number of nitrogens with zero attached hydrogens (tertiary/aromatic N) is 1. The number of amides is 1. The first-order valence-electron chi connectivity index (χ1n) is 6.69. The van der Waals surface area contributed by atoms with E-state index < -0.39 is 10.8 Å². The first-order chi connectivity index (χ1) is 10.6. The van der Waals surface area contributed by atoms with E-state index in [1.807, 2.05) is 36.4 Å². The van der Waals surface area contributed by atoms with Gasteiger partial charge >= 0.3 is 0 Å². The zero-order valence-electron chi connectivity index (χ0n) is 11.5. The van der Waals surface area contributed by atoms with Crippen molar-refractivity contribution < 1.29 is 9.72 Å². The Balaban J connectivity index is 1.91. The van der Waals surface area contributed by atoms with E-state index in [9.17, 15) is 14.9 Å². The fourth-order valence-electron chi connectivity index (χ4n) is 2.29. The van der Waals surface area contributed by atoms with Crippen LogP contribution in [0.15, 0.2) is 66.7 Å². The number of fused-ring (bicyclic) bond motifs is 1. The number of anilines is 1. The minimum atomic E-state index is -0.560. The normalized spacial score (nSPS) is 10.4. The van der Waals surface area contributed by atoms with Crippen molar-refractivity contribution in [1.82, 2.24) is 0 Å². The van der Waals surface area contributed by atoms with Gasteiger partial charge in [-0.2, -0.15) is 0 Å². The van der Waals surface area contributed by atoms with Gasteiger partial charge in [0.1, 0.15) is 5.56 Å². The van der Waals surface area contributed by atoms with Gasteiger partial charge in [0.05, 0.1) is 4.92 Å². The van der Waals surface area contributed by atoms with E-state index >= 15 is 0 Å². The molecule has 0 aliphatic carbocycles. The molecule has 5 nitrogen and oxygen atoms in total. The lowest BCUT2D eigenvalue weighted by molar-refractivity contribution is -0.385. The number of carbonyl (C=O) groups is 1. The lowest BCUT2D eigenvalue weighted by atomic mass is 10.1. The van der Waals surface area contributed by atoms with Gasteiger partial charge in [-0.25, -0.2) is 0 Å². The van der Waals surface area contributed by atoms with Gasteiger partial charge in [0.2, 0.25) is 0 Å². The van der Waals surface area contributed by atoms with Crippen LogP contribution in [0, 0.1) is 10.1 Å². The van der Waals surface area contributed by atoms with Crippen LogP contribution < -0.4 is 5.32 Å². The zero-order chi connectivity index (χ0) is 15.5. The van der Waals surface area contributed by atoms with Crippen LogP contribution in [0.5, 0.6) is 0 Å². The highest BCUT2D eigenvalue weighted by Gasteiger charge is 2.19. The van der Waals surface area contributed by atoms with Gasteiger partial charge < -0.3 is 5.32 Å². The molecule has 22 heavy (non-hydrogen) atoms. The third-order valence-corrected chi connectivity index (χ3v) is 3.35. The second kappa shape index (κ2) is 5.65. The highest BCUT2D eigenvalue weighted by atomic mass is 16.6. The molecule has 3 aromatic carbocycles. The van der Waals surface area contributed by atoms with Crippen LogP contribution in [-0.2, 0) is 0 Å². The van der Waals surface area contributed by atoms with Crippen LogP contribution in [0.1, 0.15) is 10.4 Å². The summed E-state index contributed by atoms with van der Waals surface area (Å²) in [6.07, 6.45) is 0. The van der Waals surface area contributed by atoms with Gasteiger partial charge in [-0.1, -0.05) is 42.5 Å². The van der Waals surface area contributed by atoms with Crippen molar-refractivity contribution in [2.45, 2.75) is 0 Å². The molecule has 0 heterocycles. The van der Waals surface area contributed by atoms with E-state index in [4.69, 9.17) is 0 Å². The molecule has 0 bridgehead atoms. The number of para-hydroxylation sites is 1. The minimum Gasteiger partial charge on any atom is -0.322 e.